The summed E-state index contributed by atoms with van der Waals surface area (Å²) in [5, 5.41) is 2.19. The summed E-state index contributed by atoms with van der Waals surface area (Å²) in [6.07, 6.45) is 6.50. The van der Waals surface area contributed by atoms with E-state index >= 15 is 0 Å². The zero-order valence-electron chi connectivity index (χ0n) is 21.9. The van der Waals surface area contributed by atoms with E-state index in [0.29, 0.717) is 5.71 Å². The molecule has 1 unspecified atom stereocenters. The Bertz CT molecular complexity index is 1930. The van der Waals surface area contributed by atoms with Gasteiger partial charge in [0, 0.05) is 59.1 Å². The molecule has 1 spiro atoms. The average molecular weight is 496 g/mol. The Balaban J connectivity index is 1.62. The minimum atomic E-state index is -0.450. The van der Waals surface area contributed by atoms with Crippen molar-refractivity contribution in [2.45, 2.75) is 44.7 Å². The number of aryl methyl sites for hydroxylation is 1. The normalized spacial score (nSPS) is 18.4. The number of aromatic nitrogens is 3. The summed E-state index contributed by atoms with van der Waals surface area (Å²) in [5.41, 5.74) is 9.46. The van der Waals surface area contributed by atoms with Crippen molar-refractivity contribution < 1.29 is 13.6 Å². The third-order valence-electron chi connectivity index (χ3n) is 9.27. The van der Waals surface area contributed by atoms with Gasteiger partial charge in [-0.15, -0.1) is 0 Å². The molecule has 184 valence electrons. The van der Waals surface area contributed by atoms with Crippen LogP contribution < -0.4 is 9.13 Å². The van der Waals surface area contributed by atoms with Crippen molar-refractivity contribution >= 4 is 22.1 Å². The van der Waals surface area contributed by atoms with E-state index in [9.17, 15) is 0 Å². The topological polar surface area (TPSA) is 33.8 Å². The first kappa shape index (κ1) is 21.7. The predicted molar refractivity (Wildman–Crippen MR) is 149 cm³/mol. The minimum Gasteiger partial charge on any atom is -0.437 e. The van der Waals surface area contributed by atoms with Crippen LogP contribution >= 0.6 is 0 Å². The van der Waals surface area contributed by atoms with E-state index < -0.39 is 5.54 Å². The second kappa shape index (κ2) is 7.38. The molecule has 0 saturated carbocycles. The van der Waals surface area contributed by atoms with Crippen LogP contribution in [-0.2, 0) is 11.1 Å². The van der Waals surface area contributed by atoms with Gasteiger partial charge in [0.1, 0.15) is 5.56 Å². The van der Waals surface area contributed by atoms with Gasteiger partial charge in [0.15, 0.2) is 18.0 Å². The van der Waals surface area contributed by atoms with Gasteiger partial charge in [0.2, 0.25) is 22.6 Å². The molecule has 0 saturated heterocycles. The molecule has 4 heteroatoms. The molecule has 0 aliphatic carbocycles. The van der Waals surface area contributed by atoms with Crippen molar-refractivity contribution in [3.63, 3.8) is 0 Å². The highest BCUT2D eigenvalue weighted by atomic mass is 16.3. The minimum absolute atomic E-state index is 0.238. The number of rotatable bonds is 2. The Morgan fingerprint density at radius 2 is 1.42 bits per heavy atom. The van der Waals surface area contributed by atoms with E-state index in [1.807, 2.05) is 6.92 Å². The zero-order chi connectivity index (χ0) is 25.6. The van der Waals surface area contributed by atoms with Crippen molar-refractivity contribution in [2.75, 3.05) is 0 Å². The van der Waals surface area contributed by atoms with Crippen LogP contribution in [0.25, 0.3) is 44.6 Å². The number of hydrogen-bond acceptors (Lipinski definition) is 2. The first-order valence-electron chi connectivity index (χ1n) is 13.6. The first-order valence-corrected chi connectivity index (χ1v) is 13.6. The molecular weight excluding hydrogens is 466 g/mol. The molecule has 2 aliphatic heterocycles. The van der Waals surface area contributed by atoms with Crippen LogP contribution in [0.5, 0.6) is 0 Å². The quantitative estimate of drug-likeness (QED) is 0.247. The van der Waals surface area contributed by atoms with Crippen LogP contribution in [0.2, 0.25) is 0 Å². The first-order chi connectivity index (χ1) is 18.7. The van der Waals surface area contributed by atoms with E-state index in [0.717, 1.165) is 34.9 Å². The maximum Gasteiger partial charge on any atom is 0.284 e. The molecular formula is C34H29N3O+2. The Labute approximate surface area is 221 Å². The second-order valence-electron chi connectivity index (χ2n) is 10.7. The maximum absolute atomic E-state index is 6.63. The van der Waals surface area contributed by atoms with Gasteiger partial charge in [-0.05, 0) is 49.4 Å². The lowest BCUT2D eigenvalue weighted by molar-refractivity contribution is -0.856. The molecule has 2 aromatic carbocycles. The van der Waals surface area contributed by atoms with Crippen molar-refractivity contribution in [3.05, 3.63) is 114 Å². The number of benzene rings is 2. The highest BCUT2D eigenvalue weighted by Gasteiger charge is 2.73. The van der Waals surface area contributed by atoms with Gasteiger partial charge in [-0.25, -0.2) is 4.98 Å². The fourth-order valence-electron chi connectivity index (χ4n) is 7.77. The molecule has 0 bridgehead atoms. The van der Waals surface area contributed by atoms with Gasteiger partial charge in [0.25, 0.3) is 5.54 Å². The number of fused-ring (bicyclic) bond motifs is 13. The van der Waals surface area contributed by atoms with Crippen molar-refractivity contribution in [1.82, 2.24) is 4.98 Å². The zero-order valence-corrected chi connectivity index (χ0v) is 21.9. The summed E-state index contributed by atoms with van der Waals surface area (Å²) in [4.78, 5) is 4.75. The summed E-state index contributed by atoms with van der Waals surface area (Å²) in [5.74, 6) is 0. The monoisotopic (exact) mass is 495 g/mol. The molecule has 38 heavy (non-hydrogen) atoms. The van der Waals surface area contributed by atoms with Crippen LogP contribution in [0, 0.1) is 6.92 Å². The van der Waals surface area contributed by atoms with E-state index in [1.165, 1.54) is 33.6 Å². The highest BCUT2D eigenvalue weighted by molar-refractivity contribution is 6.09. The summed E-state index contributed by atoms with van der Waals surface area (Å²) in [7, 11) is 0. The third-order valence-corrected chi connectivity index (χ3v) is 9.27. The van der Waals surface area contributed by atoms with Crippen LogP contribution in [0.1, 0.15) is 43.5 Å². The molecule has 1 atom stereocenters. The Hall–Kier alpha value is -4.31. The van der Waals surface area contributed by atoms with E-state index in [-0.39, 0.29) is 5.54 Å². The Morgan fingerprint density at radius 1 is 0.711 bits per heavy atom. The van der Waals surface area contributed by atoms with Gasteiger partial charge in [0.05, 0.1) is 11.1 Å². The van der Waals surface area contributed by atoms with Gasteiger partial charge in [-0.2, -0.15) is 9.13 Å². The average Bonchev–Trinajstić information content (AvgIpc) is 3.48. The largest absolute Gasteiger partial charge is 0.437 e. The molecule has 0 N–H and O–H groups in total. The number of hydrogen-bond donors (Lipinski definition) is 0. The van der Waals surface area contributed by atoms with Crippen LogP contribution in [0.3, 0.4) is 0 Å². The fraction of sp³-hybridized carbons (Fsp3) is 0.206. The lowest BCUT2D eigenvalue weighted by Crippen LogP contribution is -2.78. The van der Waals surface area contributed by atoms with Gasteiger partial charge >= 0.3 is 0 Å². The van der Waals surface area contributed by atoms with E-state index in [4.69, 9.17) is 9.40 Å². The van der Waals surface area contributed by atoms with Crippen molar-refractivity contribution in [2.24, 2.45) is 0 Å². The molecule has 4 nitrogen and oxygen atoms in total. The SMILES string of the molecule is CCC1(CC)[n+]2ccccc2-c2ccccc2C12c1ccc3c(oc4nc(C)ccc43)c1-c1cccc[n+]12. The molecule has 6 aromatic rings. The molecule has 2 aliphatic rings. The van der Waals surface area contributed by atoms with Gasteiger partial charge < -0.3 is 4.42 Å². The standard InChI is InChI=1S/C34H29N3O/c1-4-33(5-2)34(26-13-7-6-12-25(26)28-14-8-10-20-36(28)33)27-19-18-23-24-17-16-22(3)35-32(24)38-31(23)30(27)29-15-9-11-21-37(29)34/h6-21H,4-5H2,1-3H3/q+2. The lowest BCUT2D eigenvalue weighted by Gasteiger charge is -2.43. The Kier molecular flexibility index (Phi) is 4.22. The summed E-state index contributed by atoms with van der Waals surface area (Å²) in [6.45, 7) is 6.70. The van der Waals surface area contributed by atoms with Crippen LogP contribution in [-0.4, -0.2) is 4.98 Å². The van der Waals surface area contributed by atoms with E-state index in [2.05, 4.69) is 120 Å². The fourth-order valence-corrected chi connectivity index (χ4v) is 7.77. The third kappa shape index (κ3) is 2.31. The summed E-state index contributed by atoms with van der Waals surface area (Å²) >= 11 is 0. The Morgan fingerprint density at radius 3 is 2.24 bits per heavy atom. The number of furan rings is 1. The van der Waals surface area contributed by atoms with Crippen molar-refractivity contribution in [3.8, 4) is 22.5 Å². The van der Waals surface area contributed by atoms with Crippen LogP contribution in [0.4, 0.5) is 0 Å². The predicted octanol–water partition coefficient (Wildman–Crippen LogP) is 6.83. The number of nitrogens with zero attached hydrogens (tertiary/aromatic N) is 3. The molecule has 8 rings (SSSR count). The van der Waals surface area contributed by atoms with Crippen LogP contribution in [0.15, 0.2) is 102 Å². The molecule has 0 fully saturated rings. The lowest BCUT2D eigenvalue weighted by atomic mass is 9.61. The molecule has 0 radical (unpaired) electrons. The van der Waals surface area contributed by atoms with Gasteiger partial charge in [-0.1, -0.05) is 32.0 Å². The van der Waals surface area contributed by atoms with Gasteiger partial charge in [-0.3, -0.25) is 0 Å². The molecule has 4 aromatic heterocycles. The van der Waals surface area contributed by atoms with E-state index in [1.54, 1.807) is 0 Å². The maximum atomic E-state index is 6.63. The second-order valence-corrected chi connectivity index (χ2v) is 10.7. The summed E-state index contributed by atoms with van der Waals surface area (Å²) in [6, 6.07) is 31.0. The molecule has 6 heterocycles. The summed E-state index contributed by atoms with van der Waals surface area (Å²) < 4.78 is 11.7. The highest BCUT2D eigenvalue weighted by Crippen LogP contribution is 2.57. The van der Waals surface area contributed by atoms with Crippen molar-refractivity contribution in [1.29, 1.82) is 0 Å². The smallest absolute Gasteiger partial charge is 0.284 e. The molecule has 0 amide bonds. The number of pyridine rings is 3.